The molecule has 90 valence electrons. The molecule has 2 rings (SSSR count). The Balaban J connectivity index is 2.48. The van der Waals surface area contributed by atoms with Crippen LogP contribution in [0.3, 0.4) is 0 Å². The van der Waals surface area contributed by atoms with Gasteiger partial charge in [-0.3, -0.25) is 0 Å². The van der Waals surface area contributed by atoms with Crippen LogP contribution in [-0.2, 0) is 0 Å². The van der Waals surface area contributed by atoms with Crippen LogP contribution in [0.2, 0.25) is 0 Å². The fourth-order valence-electron chi connectivity index (χ4n) is 2.05. The van der Waals surface area contributed by atoms with Crippen molar-refractivity contribution in [3.63, 3.8) is 0 Å². The van der Waals surface area contributed by atoms with Crippen LogP contribution in [0, 0.1) is 0 Å². The fourth-order valence-corrected chi connectivity index (χ4v) is 2.05. The van der Waals surface area contributed by atoms with Crippen LogP contribution >= 0.6 is 0 Å². The molecule has 0 heterocycles. The van der Waals surface area contributed by atoms with Crippen LogP contribution in [0.15, 0.2) is 42.5 Å². The predicted molar refractivity (Wildman–Crippen MR) is 72.1 cm³/mol. The van der Waals surface area contributed by atoms with E-state index in [4.69, 9.17) is 0 Å². The zero-order chi connectivity index (χ0) is 12.4. The van der Waals surface area contributed by atoms with E-state index in [0.29, 0.717) is 0 Å². The van der Waals surface area contributed by atoms with Gasteiger partial charge in [0.25, 0.3) is 0 Å². The lowest BCUT2D eigenvalue weighted by atomic mass is 9.96. The van der Waals surface area contributed by atoms with Gasteiger partial charge in [0.2, 0.25) is 0 Å². The van der Waals surface area contributed by atoms with Gasteiger partial charge in [-0.15, -0.1) is 0 Å². The smallest absolute Gasteiger partial charge is 0.0948 e. The molecule has 0 unspecified atom stereocenters. The topological polar surface area (TPSA) is 23.5 Å². The fraction of sp³-hybridized carbons (Fsp3) is 0.333. The monoisotopic (exact) mass is 229 g/mol. The predicted octanol–water partition coefficient (Wildman–Crippen LogP) is 2.82. The van der Waals surface area contributed by atoms with Gasteiger partial charge in [0, 0.05) is 6.04 Å². The van der Waals surface area contributed by atoms with Gasteiger partial charge in [-0.25, -0.2) is 0 Å². The maximum Gasteiger partial charge on any atom is 0.0948 e. The molecular formula is C15H19NO. The van der Waals surface area contributed by atoms with Crippen LogP contribution < -0.4 is 0 Å². The molecule has 2 aromatic carbocycles. The minimum absolute atomic E-state index is 0.0980. The average Bonchev–Trinajstić information content (AvgIpc) is 2.36. The van der Waals surface area contributed by atoms with E-state index in [1.54, 1.807) is 0 Å². The lowest BCUT2D eigenvalue weighted by molar-refractivity contribution is 0.0870. The highest BCUT2D eigenvalue weighted by molar-refractivity contribution is 5.86. The number of nitrogens with zero attached hydrogens (tertiary/aromatic N) is 1. The van der Waals surface area contributed by atoms with Crippen LogP contribution in [-0.4, -0.2) is 30.1 Å². The molecule has 0 saturated heterocycles. The molecule has 0 amide bonds. The summed E-state index contributed by atoms with van der Waals surface area (Å²) in [6, 6.07) is 14.4. The van der Waals surface area contributed by atoms with Crippen molar-refractivity contribution in [2.24, 2.45) is 0 Å². The van der Waals surface area contributed by atoms with Crippen molar-refractivity contribution in [3.8, 4) is 0 Å². The molecule has 0 aliphatic heterocycles. The van der Waals surface area contributed by atoms with Crippen molar-refractivity contribution in [2.45, 2.75) is 19.1 Å². The van der Waals surface area contributed by atoms with Crippen molar-refractivity contribution >= 4 is 10.8 Å². The highest BCUT2D eigenvalue weighted by Crippen LogP contribution is 2.27. The van der Waals surface area contributed by atoms with Crippen molar-refractivity contribution in [1.82, 2.24) is 4.90 Å². The van der Waals surface area contributed by atoms with E-state index < -0.39 is 6.10 Å². The maximum absolute atomic E-state index is 10.4. The molecule has 0 aliphatic rings. The molecule has 0 fully saturated rings. The van der Waals surface area contributed by atoms with E-state index in [0.717, 1.165) is 10.9 Å². The second kappa shape index (κ2) is 4.86. The molecule has 0 aliphatic carbocycles. The third-order valence-electron chi connectivity index (χ3n) is 3.41. The van der Waals surface area contributed by atoms with Crippen LogP contribution in [0.5, 0.6) is 0 Å². The van der Waals surface area contributed by atoms with E-state index in [1.807, 2.05) is 50.2 Å². The summed E-state index contributed by atoms with van der Waals surface area (Å²) in [7, 11) is 3.97. The number of benzene rings is 2. The molecule has 1 N–H and O–H groups in total. The first kappa shape index (κ1) is 12.1. The molecule has 2 atom stereocenters. The summed E-state index contributed by atoms with van der Waals surface area (Å²) < 4.78 is 0. The Labute approximate surface area is 102 Å². The molecule has 0 radical (unpaired) electrons. The molecule has 2 aromatic rings. The first-order chi connectivity index (χ1) is 8.11. The van der Waals surface area contributed by atoms with Gasteiger partial charge in [-0.2, -0.15) is 0 Å². The van der Waals surface area contributed by atoms with E-state index in [-0.39, 0.29) is 6.04 Å². The highest BCUT2D eigenvalue weighted by atomic mass is 16.3. The summed E-state index contributed by atoms with van der Waals surface area (Å²) in [6.07, 6.45) is -0.462. The molecule has 0 saturated carbocycles. The molecule has 2 heteroatoms. The Hall–Kier alpha value is -1.38. The zero-order valence-electron chi connectivity index (χ0n) is 10.6. The van der Waals surface area contributed by atoms with E-state index in [1.165, 1.54) is 5.39 Å². The van der Waals surface area contributed by atoms with Gasteiger partial charge < -0.3 is 10.0 Å². The summed E-state index contributed by atoms with van der Waals surface area (Å²) in [5.74, 6) is 0. The van der Waals surface area contributed by atoms with Crippen molar-refractivity contribution in [3.05, 3.63) is 48.0 Å². The first-order valence-corrected chi connectivity index (χ1v) is 5.93. The van der Waals surface area contributed by atoms with Gasteiger partial charge in [-0.05, 0) is 37.4 Å². The van der Waals surface area contributed by atoms with E-state index in [2.05, 4.69) is 18.2 Å². The number of hydrogen-bond acceptors (Lipinski definition) is 2. The van der Waals surface area contributed by atoms with E-state index >= 15 is 0 Å². The standard InChI is InChI=1S/C15H19NO/c1-11(16(2)3)15(17)14-10-6-8-12-7-4-5-9-13(12)14/h4-11,15,17H,1-3H3/t11-,15-/m1/s1. The second-order valence-electron chi connectivity index (χ2n) is 4.72. The quantitative estimate of drug-likeness (QED) is 0.874. The molecule has 2 nitrogen and oxygen atoms in total. The lowest BCUT2D eigenvalue weighted by Crippen LogP contribution is -2.31. The third-order valence-corrected chi connectivity index (χ3v) is 3.41. The van der Waals surface area contributed by atoms with Crippen molar-refractivity contribution in [1.29, 1.82) is 0 Å². The number of rotatable bonds is 3. The second-order valence-corrected chi connectivity index (χ2v) is 4.72. The lowest BCUT2D eigenvalue weighted by Gasteiger charge is -2.26. The number of likely N-dealkylation sites (N-methyl/N-ethyl adjacent to an activating group) is 1. The number of aliphatic hydroxyl groups excluding tert-OH is 1. The maximum atomic E-state index is 10.4. The zero-order valence-corrected chi connectivity index (χ0v) is 10.6. The third kappa shape index (κ3) is 2.33. The summed E-state index contributed by atoms with van der Waals surface area (Å²) in [6.45, 7) is 2.03. The first-order valence-electron chi connectivity index (χ1n) is 5.93. The summed E-state index contributed by atoms with van der Waals surface area (Å²) in [5, 5.41) is 12.7. The molecule has 17 heavy (non-hydrogen) atoms. The largest absolute Gasteiger partial charge is 0.387 e. The summed E-state index contributed by atoms with van der Waals surface area (Å²) in [4.78, 5) is 2.03. The Morgan fingerprint density at radius 1 is 1.00 bits per heavy atom. The SMILES string of the molecule is C[C@H]([C@@H](O)c1cccc2ccccc12)N(C)C. The van der Waals surface area contributed by atoms with Gasteiger partial charge in [0.15, 0.2) is 0 Å². The Morgan fingerprint density at radius 3 is 2.35 bits per heavy atom. The minimum atomic E-state index is -0.462. The average molecular weight is 229 g/mol. The molecule has 0 bridgehead atoms. The Kier molecular flexibility index (Phi) is 3.46. The van der Waals surface area contributed by atoms with Crippen LogP contribution in [0.25, 0.3) is 10.8 Å². The number of aliphatic hydroxyl groups is 1. The number of fused-ring (bicyclic) bond motifs is 1. The normalized spacial score (nSPS) is 15.1. The highest BCUT2D eigenvalue weighted by Gasteiger charge is 2.19. The van der Waals surface area contributed by atoms with Gasteiger partial charge in [0.1, 0.15) is 0 Å². The van der Waals surface area contributed by atoms with Crippen LogP contribution in [0.4, 0.5) is 0 Å². The molecule has 0 spiro atoms. The van der Waals surface area contributed by atoms with Gasteiger partial charge in [0.05, 0.1) is 6.10 Å². The molecule has 0 aromatic heterocycles. The number of hydrogen-bond donors (Lipinski definition) is 1. The van der Waals surface area contributed by atoms with Gasteiger partial charge >= 0.3 is 0 Å². The van der Waals surface area contributed by atoms with Crippen molar-refractivity contribution < 1.29 is 5.11 Å². The van der Waals surface area contributed by atoms with Gasteiger partial charge in [-0.1, -0.05) is 42.5 Å². The Morgan fingerprint density at radius 2 is 1.65 bits per heavy atom. The van der Waals surface area contributed by atoms with Crippen molar-refractivity contribution in [2.75, 3.05) is 14.1 Å². The molecular weight excluding hydrogens is 210 g/mol. The Bertz CT molecular complexity index is 502. The van der Waals surface area contributed by atoms with E-state index in [9.17, 15) is 5.11 Å². The summed E-state index contributed by atoms with van der Waals surface area (Å²) in [5.41, 5.74) is 1.00. The van der Waals surface area contributed by atoms with Crippen LogP contribution in [0.1, 0.15) is 18.6 Å². The minimum Gasteiger partial charge on any atom is -0.387 e. The summed E-state index contributed by atoms with van der Waals surface area (Å²) >= 11 is 0.